The van der Waals surface area contributed by atoms with Crippen LogP contribution in [0.2, 0.25) is 0 Å². The number of benzene rings is 2. The molecule has 0 fully saturated rings. The lowest BCUT2D eigenvalue weighted by atomic mass is 10.0. The van der Waals surface area contributed by atoms with E-state index in [1.165, 1.54) is 12.1 Å². The lowest BCUT2D eigenvalue weighted by Crippen LogP contribution is -2.11. The largest absolute Gasteiger partial charge is 0.324 e. The normalized spacial score (nSPS) is 12.1. The molecule has 2 N–H and O–H groups in total. The second-order valence-electron chi connectivity index (χ2n) is 5.48. The maximum Gasteiger partial charge on any atom is 0.159 e. The van der Waals surface area contributed by atoms with Crippen LogP contribution in [-0.2, 0) is 6.42 Å². The molecule has 4 heteroatoms. The van der Waals surface area contributed by atoms with Gasteiger partial charge in [-0.2, -0.15) is 0 Å². The third kappa shape index (κ3) is 3.99. The van der Waals surface area contributed by atoms with Crippen LogP contribution in [0, 0.1) is 5.82 Å². The maximum absolute atomic E-state index is 12.9. The van der Waals surface area contributed by atoms with Crippen LogP contribution >= 0.6 is 0 Å². The molecular formula is C19H18FN3. The summed E-state index contributed by atoms with van der Waals surface area (Å²) in [6.07, 6.45) is 5.27. The van der Waals surface area contributed by atoms with Crippen LogP contribution in [0.1, 0.15) is 23.6 Å². The standard InChI is InChI=1S/C19H18FN3/c20-17-9-7-16(8-10-17)19-22-12-14(13-23-19)6-11-18(21)15-4-2-1-3-5-15/h1-5,7-10,12-13,18H,6,11,21H2. The van der Waals surface area contributed by atoms with Gasteiger partial charge in [-0.25, -0.2) is 14.4 Å². The van der Waals surface area contributed by atoms with E-state index in [1.807, 2.05) is 42.7 Å². The number of aromatic nitrogens is 2. The first-order chi connectivity index (χ1) is 11.2. The summed E-state index contributed by atoms with van der Waals surface area (Å²) in [4.78, 5) is 8.71. The van der Waals surface area contributed by atoms with Crippen molar-refractivity contribution in [1.29, 1.82) is 0 Å². The monoisotopic (exact) mass is 307 g/mol. The third-order valence-corrected chi connectivity index (χ3v) is 3.78. The van der Waals surface area contributed by atoms with E-state index in [0.29, 0.717) is 5.82 Å². The highest BCUT2D eigenvalue weighted by Gasteiger charge is 2.07. The average Bonchev–Trinajstić information content (AvgIpc) is 2.61. The quantitative estimate of drug-likeness (QED) is 0.777. The molecule has 1 unspecified atom stereocenters. The molecule has 0 radical (unpaired) electrons. The number of hydrogen-bond donors (Lipinski definition) is 1. The Kier molecular flexibility index (Phi) is 4.74. The van der Waals surface area contributed by atoms with Gasteiger partial charge in [-0.3, -0.25) is 0 Å². The van der Waals surface area contributed by atoms with E-state index < -0.39 is 0 Å². The number of rotatable bonds is 5. The van der Waals surface area contributed by atoms with Gasteiger partial charge >= 0.3 is 0 Å². The molecule has 0 amide bonds. The predicted molar refractivity (Wildman–Crippen MR) is 89.1 cm³/mol. The van der Waals surface area contributed by atoms with Crippen molar-refractivity contribution in [3.63, 3.8) is 0 Å². The van der Waals surface area contributed by atoms with Gasteiger partial charge in [0.1, 0.15) is 5.82 Å². The summed E-state index contributed by atoms with van der Waals surface area (Å²) in [6, 6.07) is 16.2. The first kappa shape index (κ1) is 15.3. The van der Waals surface area contributed by atoms with Gasteiger partial charge in [0, 0.05) is 24.0 Å². The van der Waals surface area contributed by atoms with Crippen LogP contribution in [0.5, 0.6) is 0 Å². The molecule has 3 aromatic rings. The Labute approximate surface area is 135 Å². The molecular weight excluding hydrogens is 289 g/mol. The molecule has 2 aromatic carbocycles. The molecule has 0 saturated carbocycles. The van der Waals surface area contributed by atoms with Gasteiger partial charge in [0.15, 0.2) is 5.82 Å². The summed E-state index contributed by atoms with van der Waals surface area (Å²) in [6.45, 7) is 0. The lowest BCUT2D eigenvalue weighted by Gasteiger charge is -2.11. The molecule has 0 aliphatic heterocycles. The average molecular weight is 307 g/mol. The first-order valence-corrected chi connectivity index (χ1v) is 7.60. The second-order valence-corrected chi connectivity index (χ2v) is 5.48. The van der Waals surface area contributed by atoms with Crippen molar-refractivity contribution < 1.29 is 4.39 Å². The number of aryl methyl sites for hydroxylation is 1. The van der Waals surface area contributed by atoms with Crippen molar-refractivity contribution in [3.8, 4) is 11.4 Å². The Hall–Kier alpha value is -2.59. The van der Waals surface area contributed by atoms with E-state index >= 15 is 0 Å². The molecule has 1 aromatic heterocycles. The maximum atomic E-state index is 12.9. The summed E-state index contributed by atoms with van der Waals surface area (Å²) in [5.41, 5.74) is 9.19. The Morgan fingerprint density at radius 1 is 0.913 bits per heavy atom. The van der Waals surface area contributed by atoms with Crippen molar-refractivity contribution >= 4 is 0 Å². The van der Waals surface area contributed by atoms with Gasteiger partial charge in [0.05, 0.1) is 0 Å². The Morgan fingerprint density at radius 3 is 2.22 bits per heavy atom. The van der Waals surface area contributed by atoms with E-state index in [2.05, 4.69) is 9.97 Å². The molecule has 0 aliphatic rings. The molecule has 1 heterocycles. The zero-order valence-electron chi connectivity index (χ0n) is 12.7. The van der Waals surface area contributed by atoms with Gasteiger partial charge in [-0.15, -0.1) is 0 Å². The molecule has 0 bridgehead atoms. The Morgan fingerprint density at radius 2 is 1.57 bits per heavy atom. The fourth-order valence-corrected chi connectivity index (χ4v) is 2.42. The van der Waals surface area contributed by atoms with E-state index in [9.17, 15) is 4.39 Å². The van der Waals surface area contributed by atoms with E-state index in [-0.39, 0.29) is 11.9 Å². The molecule has 1 atom stereocenters. The number of nitrogens with two attached hydrogens (primary N) is 1. The van der Waals surface area contributed by atoms with Crippen LogP contribution in [0.25, 0.3) is 11.4 Å². The van der Waals surface area contributed by atoms with Crippen LogP contribution in [0.15, 0.2) is 67.0 Å². The number of nitrogens with zero attached hydrogens (tertiary/aromatic N) is 2. The minimum Gasteiger partial charge on any atom is -0.324 e. The molecule has 0 spiro atoms. The SMILES string of the molecule is NC(CCc1cnc(-c2ccc(F)cc2)nc1)c1ccccc1. The zero-order valence-corrected chi connectivity index (χ0v) is 12.7. The van der Waals surface area contributed by atoms with Gasteiger partial charge < -0.3 is 5.73 Å². The van der Waals surface area contributed by atoms with Gasteiger partial charge in [-0.1, -0.05) is 30.3 Å². The predicted octanol–water partition coefficient (Wildman–Crippen LogP) is 3.92. The molecule has 0 aliphatic carbocycles. The fourth-order valence-electron chi connectivity index (χ4n) is 2.42. The van der Waals surface area contributed by atoms with E-state index in [4.69, 9.17) is 5.73 Å². The highest BCUT2D eigenvalue weighted by Crippen LogP contribution is 2.18. The molecule has 3 nitrogen and oxygen atoms in total. The van der Waals surface area contributed by atoms with Gasteiger partial charge in [0.2, 0.25) is 0 Å². The van der Waals surface area contributed by atoms with Crippen LogP contribution in [0.3, 0.4) is 0 Å². The first-order valence-electron chi connectivity index (χ1n) is 7.60. The van der Waals surface area contributed by atoms with Crippen molar-refractivity contribution in [2.24, 2.45) is 5.73 Å². The Bertz CT molecular complexity index is 740. The summed E-state index contributed by atoms with van der Waals surface area (Å²) in [5, 5.41) is 0. The van der Waals surface area contributed by atoms with Crippen LogP contribution in [-0.4, -0.2) is 9.97 Å². The molecule has 0 saturated heterocycles. The number of halogens is 1. The van der Waals surface area contributed by atoms with E-state index in [1.54, 1.807) is 12.1 Å². The summed E-state index contributed by atoms with van der Waals surface area (Å²) in [5.74, 6) is 0.335. The van der Waals surface area contributed by atoms with Gasteiger partial charge in [-0.05, 0) is 48.2 Å². The summed E-state index contributed by atoms with van der Waals surface area (Å²) in [7, 11) is 0. The number of hydrogen-bond acceptors (Lipinski definition) is 3. The van der Waals surface area contributed by atoms with Crippen molar-refractivity contribution in [3.05, 3.63) is 83.9 Å². The fraction of sp³-hybridized carbons (Fsp3) is 0.158. The summed E-state index contributed by atoms with van der Waals surface area (Å²) >= 11 is 0. The molecule has 23 heavy (non-hydrogen) atoms. The second kappa shape index (κ2) is 7.11. The minimum atomic E-state index is -0.264. The topological polar surface area (TPSA) is 51.8 Å². The smallest absolute Gasteiger partial charge is 0.159 e. The van der Waals surface area contributed by atoms with Gasteiger partial charge in [0.25, 0.3) is 0 Å². The molecule has 3 rings (SSSR count). The van der Waals surface area contributed by atoms with Crippen molar-refractivity contribution in [1.82, 2.24) is 9.97 Å². The highest BCUT2D eigenvalue weighted by molar-refractivity contribution is 5.54. The third-order valence-electron chi connectivity index (χ3n) is 3.78. The van der Waals surface area contributed by atoms with Crippen molar-refractivity contribution in [2.75, 3.05) is 0 Å². The van der Waals surface area contributed by atoms with Crippen molar-refractivity contribution in [2.45, 2.75) is 18.9 Å². The van der Waals surface area contributed by atoms with E-state index in [0.717, 1.165) is 29.5 Å². The molecule has 116 valence electrons. The summed E-state index contributed by atoms with van der Waals surface area (Å²) < 4.78 is 12.9. The highest BCUT2D eigenvalue weighted by atomic mass is 19.1. The van der Waals surface area contributed by atoms with Crippen LogP contribution < -0.4 is 5.73 Å². The zero-order chi connectivity index (χ0) is 16.1. The lowest BCUT2D eigenvalue weighted by molar-refractivity contribution is 0.628. The minimum absolute atomic E-state index is 0.00738. The Balaban J connectivity index is 1.62. The van der Waals surface area contributed by atoms with Crippen LogP contribution in [0.4, 0.5) is 4.39 Å².